The van der Waals surface area contributed by atoms with E-state index >= 15 is 0 Å². The van der Waals surface area contributed by atoms with E-state index in [4.69, 9.17) is 19.9 Å². The molecule has 0 heterocycles. The quantitative estimate of drug-likeness (QED) is 0.783. The van der Waals surface area contributed by atoms with E-state index < -0.39 is 0 Å². The molecule has 2 aliphatic carbocycles. The zero-order valence-corrected chi connectivity index (χ0v) is 10.2. The molecule has 0 bridgehead atoms. The zero-order chi connectivity index (χ0) is 11.5. The van der Waals surface area contributed by atoms with Crippen molar-refractivity contribution in [3.05, 3.63) is 0 Å². The maximum absolute atomic E-state index is 6.05. The lowest BCUT2D eigenvalue weighted by atomic mass is 9.85. The van der Waals surface area contributed by atoms with Gasteiger partial charge in [-0.25, -0.2) is 0 Å². The molecule has 4 nitrogen and oxygen atoms in total. The molecule has 0 amide bonds. The van der Waals surface area contributed by atoms with Crippen LogP contribution in [0.25, 0.3) is 0 Å². The Kier molecular flexibility index (Phi) is 4.19. The van der Waals surface area contributed by atoms with E-state index in [2.05, 4.69) is 0 Å². The van der Waals surface area contributed by atoms with Crippen LogP contribution in [-0.2, 0) is 14.2 Å². The minimum Gasteiger partial charge on any atom is -0.381 e. The lowest BCUT2D eigenvalue weighted by molar-refractivity contribution is -0.163. The second-order valence-corrected chi connectivity index (χ2v) is 4.92. The van der Waals surface area contributed by atoms with Crippen molar-refractivity contribution in [2.24, 2.45) is 5.73 Å². The van der Waals surface area contributed by atoms with Crippen molar-refractivity contribution in [1.82, 2.24) is 0 Å². The van der Waals surface area contributed by atoms with Gasteiger partial charge in [-0.2, -0.15) is 0 Å². The Morgan fingerprint density at radius 2 is 1.75 bits per heavy atom. The van der Waals surface area contributed by atoms with Crippen LogP contribution in [0.4, 0.5) is 0 Å². The maximum Gasteiger partial charge on any atom is 0.0984 e. The van der Waals surface area contributed by atoms with Gasteiger partial charge in [-0.3, -0.25) is 0 Å². The van der Waals surface area contributed by atoms with Gasteiger partial charge in [0.2, 0.25) is 0 Å². The van der Waals surface area contributed by atoms with E-state index in [1.807, 2.05) is 0 Å². The van der Waals surface area contributed by atoms with Crippen LogP contribution in [0, 0.1) is 0 Å². The Balaban J connectivity index is 1.77. The van der Waals surface area contributed by atoms with Gasteiger partial charge in [0.25, 0.3) is 0 Å². The van der Waals surface area contributed by atoms with Gasteiger partial charge in [0, 0.05) is 20.3 Å². The molecule has 16 heavy (non-hydrogen) atoms. The molecule has 5 unspecified atom stereocenters. The molecule has 0 radical (unpaired) electrons. The smallest absolute Gasteiger partial charge is 0.0984 e. The van der Waals surface area contributed by atoms with Gasteiger partial charge in [0.05, 0.1) is 24.4 Å². The number of ether oxygens (including phenoxy) is 3. The summed E-state index contributed by atoms with van der Waals surface area (Å²) >= 11 is 0. The molecule has 2 N–H and O–H groups in total. The SMILES string of the molecule is COC1CCCC(OC2CC(N)C2OC)C1. The number of nitrogens with two attached hydrogens (primary N) is 1. The van der Waals surface area contributed by atoms with Crippen molar-refractivity contribution >= 4 is 0 Å². The van der Waals surface area contributed by atoms with Crippen LogP contribution in [0.2, 0.25) is 0 Å². The second-order valence-electron chi connectivity index (χ2n) is 4.92. The topological polar surface area (TPSA) is 53.7 Å². The van der Waals surface area contributed by atoms with Crippen molar-refractivity contribution in [3.8, 4) is 0 Å². The zero-order valence-electron chi connectivity index (χ0n) is 10.2. The fourth-order valence-electron chi connectivity index (χ4n) is 2.76. The highest BCUT2D eigenvalue weighted by molar-refractivity contribution is 4.95. The lowest BCUT2D eigenvalue weighted by Gasteiger charge is -2.43. The first kappa shape index (κ1) is 12.3. The van der Waals surface area contributed by atoms with Gasteiger partial charge in [-0.1, -0.05) is 0 Å². The number of methoxy groups -OCH3 is 2. The molecule has 0 aromatic heterocycles. The molecule has 2 aliphatic rings. The van der Waals surface area contributed by atoms with Crippen LogP contribution in [0.15, 0.2) is 0 Å². The largest absolute Gasteiger partial charge is 0.381 e. The average Bonchev–Trinajstić information content (AvgIpc) is 2.29. The molecule has 2 saturated carbocycles. The third-order valence-corrected chi connectivity index (χ3v) is 3.84. The highest BCUT2D eigenvalue weighted by Gasteiger charge is 2.41. The first-order chi connectivity index (χ1) is 7.74. The Hall–Kier alpha value is -0.160. The summed E-state index contributed by atoms with van der Waals surface area (Å²) in [5, 5.41) is 0. The summed E-state index contributed by atoms with van der Waals surface area (Å²) in [4.78, 5) is 0. The summed E-state index contributed by atoms with van der Waals surface area (Å²) < 4.78 is 16.8. The van der Waals surface area contributed by atoms with E-state index in [-0.39, 0.29) is 18.2 Å². The summed E-state index contributed by atoms with van der Waals surface area (Å²) in [7, 11) is 3.49. The Morgan fingerprint density at radius 3 is 2.38 bits per heavy atom. The average molecular weight is 229 g/mol. The van der Waals surface area contributed by atoms with Crippen LogP contribution in [0.1, 0.15) is 32.1 Å². The van der Waals surface area contributed by atoms with Gasteiger partial charge in [0.15, 0.2) is 0 Å². The minimum absolute atomic E-state index is 0.0860. The standard InChI is InChI=1S/C12H23NO3/c1-14-8-4-3-5-9(6-8)16-11-7-10(13)12(11)15-2/h8-12H,3-7,13H2,1-2H3. The molecule has 0 saturated heterocycles. The maximum atomic E-state index is 6.05. The Labute approximate surface area is 97.4 Å². The summed E-state index contributed by atoms with van der Waals surface area (Å²) in [5.74, 6) is 0. The van der Waals surface area contributed by atoms with E-state index in [1.165, 1.54) is 6.42 Å². The van der Waals surface area contributed by atoms with Gasteiger partial charge < -0.3 is 19.9 Å². The van der Waals surface area contributed by atoms with Crippen LogP contribution in [0.5, 0.6) is 0 Å². The van der Waals surface area contributed by atoms with Crippen LogP contribution >= 0.6 is 0 Å². The van der Waals surface area contributed by atoms with E-state index in [1.54, 1.807) is 14.2 Å². The van der Waals surface area contributed by atoms with Crippen LogP contribution in [0.3, 0.4) is 0 Å². The third kappa shape index (κ3) is 2.56. The van der Waals surface area contributed by atoms with Crippen molar-refractivity contribution < 1.29 is 14.2 Å². The summed E-state index contributed by atoms with van der Waals surface area (Å²) in [6.45, 7) is 0. The fraction of sp³-hybridized carbons (Fsp3) is 1.00. The molecular formula is C12H23NO3. The van der Waals surface area contributed by atoms with E-state index in [0.29, 0.717) is 12.2 Å². The number of hydrogen-bond donors (Lipinski definition) is 1. The monoisotopic (exact) mass is 229 g/mol. The molecule has 0 spiro atoms. The first-order valence-electron chi connectivity index (χ1n) is 6.21. The normalized spacial score (nSPS) is 44.1. The van der Waals surface area contributed by atoms with Crippen molar-refractivity contribution in [2.75, 3.05) is 14.2 Å². The molecule has 2 rings (SSSR count). The molecule has 2 fully saturated rings. The second kappa shape index (κ2) is 5.45. The Bertz CT molecular complexity index is 224. The molecular weight excluding hydrogens is 206 g/mol. The molecule has 0 aromatic rings. The molecule has 0 aliphatic heterocycles. The molecule has 0 aromatic carbocycles. The summed E-state index contributed by atoms with van der Waals surface area (Å²) in [6, 6.07) is 0.150. The number of rotatable bonds is 4. The number of hydrogen-bond acceptors (Lipinski definition) is 4. The van der Waals surface area contributed by atoms with Gasteiger partial charge in [0.1, 0.15) is 0 Å². The predicted octanol–water partition coefficient (Wildman–Crippen LogP) is 1.08. The predicted molar refractivity (Wildman–Crippen MR) is 61.3 cm³/mol. The van der Waals surface area contributed by atoms with Crippen molar-refractivity contribution in [2.45, 2.75) is 62.6 Å². The molecule has 5 atom stereocenters. The highest BCUT2D eigenvalue weighted by Crippen LogP contribution is 2.31. The van der Waals surface area contributed by atoms with Gasteiger partial charge in [-0.05, 0) is 32.1 Å². The van der Waals surface area contributed by atoms with Gasteiger partial charge in [-0.15, -0.1) is 0 Å². The van der Waals surface area contributed by atoms with Gasteiger partial charge >= 0.3 is 0 Å². The van der Waals surface area contributed by atoms with Crippen LogP contribution < -0.4 is 5.73 Å². The summed E-state index contributed by atoms with van der Waals surface area (Å²) in [6.07, 6.45) is 6.41. The van der Waals surface area contributed by atoms with E-state index in [9.17, 15) is 0 Å². The summed E-state index contributed by atoms with van der Waals surface area (Å²) in [5.41, 5.74) is 5.85. The minimum atomic E-state index is 0.0860. The van der Waals surface area contributed by atoms with E-state index in [0.717, 1.165) is 25.7 Å². The molecule has 4 heteroatoms. The third-order valence-electron chi connectivity index (χ3n) is 3.84. The lowest BCUT2D eigenvalue weighted by Crippen LogP contribution is -2.58. The van der Waals surface area contributed by atoms with Crippen molar-refractivity contribution in [1.29, 1.82) is 0 Å². The fourth-order valence-corrected chi connectivity index (χ4v) is 2.76. The van der Waals surface area contributed by atoms with Crippen LogP contribution in [-0.4, -0.2) is 44.7 Å². The first-order valence-corrected chi connectivity index (χ1v) is 6.21. The molecule has 94 valence electrons. The highest BCUT2D eigenvalue weighted by atomic mass is 16.5. The van der Waals surface area contributed by atoms with Crippen molar-refractivity contribution in [3.63, 3.8) is 0 Å². The Morgan fingerprint density at radius 1 is 1.00 bits per heavy atom.